The fourth-order valence-electron chi connectivity index (χ4n) is 3.74. The Labute approximate surface area is 173 Å². The summed E-state index contributed by atoms with van der Waals surface area (Å²) in [6.45, 7) is 4.94. The summed E-state index contributed by atoms with van der Waals surface area (Å²) in [5, 5.41) is 1.07. The molecule has 1 amide bonds. The van der Waals surface area contributed by atoms with E-state index in [1.807, 2.05) is 26.0 Å². The Morgan fingerprint density at radius 2 is 1.83 bits per heavy atom. The van der Waals surface area contributed by atoms with Crippen LogP contribution in [0.1, 0.15) is 48.0 Å². The normalized spacial score (nSPS) is 16.1. The van der Waals surface area contributed by atoms with Crippen molar-refractivity contribution in [2.24, 2.45) is 0 Å². The lowest BCUT2D eigenvalue weighted by atomic mass is 9.98. The molecule has 2 heterocycles. The number of hydrogen-bond acceptors (Lipinski definition) is 4. The number of carbonyl (C=O) groups is 1. The van der Waals surface area contributed by atoms with Gasteiger partial charge in [-0.2, -0.15) is 0 Å². The first-order chi connectivity index (χ1) is 14.0. The smallest absolute Gasteiger partial charge is 0.290 e. The summed E-state index contributed by atoms with van der Waals surface area (Å²) in [5.74, 6) is -0.147. The molecule has 1 unspecified atom stereocenters. The molecule has 0 radical (unpaired) electrons. The van der Waals surface area contributed by atoms with Gasteiger partial charge >= 0.3 is 0 Å². The summed E-state index contributed by atoms with van der Waals surface area (Å²) in [5.41, 5.74) is 1.47. The van der Waals surface area contributed by atoms with E-state index in [9.17, 15) is 9.59 Å². The summed E-state index contributed by atoms with van der Waals surface area (Å²) in [6.07, 6.45) is 0.789. The van der Waals surface area contributed by atoms with E-state index in [2.05, 4.69) is 0 Å². The van der Waals surface area contributed by atoms with Crippen LogP contribution in [0, 0.1) is 0 Å². The van der Waals surface area contributed by atoms with Gasteiger partial charge in [-0.25, -0.2) is 0 Å². The molecule has 5 nitrogen and oxygen atoms in total. The molecule has 4 rings (SSSR count). The fraction of sp³-hybridized carbons (Fsp3) is 0.304. The maximum Gasteiger partial charge on any atom is 0.290 e. The minimum Gasteiger partial charge on any atom is -0.450 e. The maximum absolute atomic E-state index is 13.3. The first kappa shape index (κ1) is 19.7. The van der Waals surface area contributed by atoms with Crippen molar-refractivity contribution >= 4 is 28.5 Å². The highest BCUT2D eigenvalue weighted by Crippen LogP contribution is 2.38. The number of hydrogen-bond donors (Lipinski definition) is 0. The number of nitrogens with zero attached hydrogens (tertiary/aromatic N) is 1. The monoisotopic (exact) mass is 411 g/mol. The largest absolute Gasteiger partial charge is 0.450 e. The van der Waals surface area contributed by atoms with E-state index in [1.165, 1.54) is 0 Å². The van der Waals surface area contributed by atoms with E-state index in [1.54, 1.807) is 41.3 Å². The summed E-state index contributed by atoms with van der Waals surface area (Å²) in [6, 6.07) is 13.7. The highest BCUT2D eigenvalue weighted by Gasteiger charge is 2.42. The van der Waals surface area contributed by atoms with Crippen molar-refractivity contribution in [3.05, 3.63) is 80.7 Å². The van der Waals surface area contributed by atoms with E-state index in [0.29, 0.717) is 41.1 Å². The van der Waals surface area contributed by atoms with Crippen LogP contribution in [-0.2, 0) is 4.74 Å². The molecule has 1 aromatic heterocycles. The highest BCUT2D eigenvalue weighted by molar-refractivity contribution is 6.30. The predicted octanol–water partition coefficient (Wildman–Crippen LogP) is 4.81. The molecule has 1 aliphatic rings. The van der Waals surface area contributed by atoms with Crippen molar-refractivity contribution in [3.63, 3.8) is 0 Å². The SMILES string of the molecule is CC(C)OCCCN1C(=O)c2oc3ccccc3c(=O)c2C1c1ccc(Cl)cc1. The van der Waals surface area contributed by atoms with Gasteiger partial charge in [-0.1, -0.05) is 35.9 Å². The van der Waals surface area contributed by atoms with Crippen LogP contribution in [0.4, 0.5) is 0 Å². The lowest BCUT2D eigenvalue weighted by molar-refractivity contribution is 0.0593. The van der Waals surface area contributed by atoms with Crippen LogP contribution in [-0.4, -0.2) is 30.1 Å². The van der Waals surface area contributed by atoms with Gasteiger partial charge in [0.25, 0.3) is 5.91 Å². The van der Waals surface area contributed by atoms with Crippen LogP contribution >= 0.6 is 11.6 Å². The molecule has 29 heavy (non-hydrogen) atoms. The molecule has 0 saturated carbocycles. The van der Waals surface area contributed by atoms with Crippen LogP contribution in [0.25, 0.3) is 11.0 Å². The van der Waals surface area contributed by atoms with E-state index >= 15 is 0 Å². The first-order valence-corrected chi connectivity index (χ1v) is 10.1. The molecule has 0 fully saturated rings. The molecule has 0 N–H and O–H groups in total. The van der Waals surface area contributed by atoms with Gasteiger partial charge in [-0.15, -0.1) is 0 Å². The average molecular weight is 412 g/mol. The summed E-state index contributed by atoms with van der Waals surface area (Å²) >= 11 is 6.05. The lowest BCUT2D eigenvalue weighted by Gasteiger charge is -2.25. The Balaban J connectivity index is 1.79. The van der Waals surface area contributed by atoms with Crippen molar-refractivity contribution in [3.8, 4) is 0 Å². The van der Waals surface area contributed by atoms with E-state index in [-0.39, 0.29) is 23.2 Å². The van der Waals surface area contributed by atoms with Gasteiger partial charge in [0.15, 0.2) is 5.43 Å². The third-order valence-electron chi connectivity index (χ3n) is 5.05. The molecular weight excluding hydrogens is 390 g/mol. The number of para-hydroxylation sites is 1. The van der Waals surface area contributed by atoms with Gasteiger partial charge in [-0.3, -0.25) is 9.59 Å². The van der Waals surface area contributed by atoms with Gasteiger partial charge in [0, 0.05) is 18.2 Å². The van der Waals surface area contributed by atoms with Gasteiger partial charge < -0.3 is 14.1 Å². The number of rotatable bonds is 6. The van der Waals surface area contributed by atoms with Crippen LogP contribution in [0.5, 0.6) is 0 Å². The number of fused-ring (bicyclic) bond motifs is 2. The van der Waals surface area contributed by atoms with Crippen molar-refractivity contribution in [2.45, 2.75) is 32.4 Å². The molecule has 150 valence electrons. The molecule has 3 aromatic rings. The van der Waals surface area contributed by atoms with Crippen molar-refractivity contribution in [1.29, 1.82) is 0 Å². The van der Waals surface area contributed by atoms with Crippen molar-refractivity contribution < 1.29 is 13.9 Å². The Morgan fingerprint density at radius 1 is 1.10 bits per heavy atom. The average Bonchev–Trinajstić information content (AvgIpc) is 2.98. The number of amides is 1. The minimum atomic E-state index is -0.505. The second-order valence-corrected chi connectivity index (χ2v) is 7.83. The number of benzene rings is 2. The van der Waals surface area contributed by atoms with Crippen molar-refractivity contribution in [1.82, 2.24) is 4.90 Å². The van der Waals surface area contributed by atoms with E-state index in [4.69, 9.17) is 20.8 Å². The lowest BCUT2D eigenvalue weighted by Crippen LogP contribution is -2.31. The third-order valence-corrected chi connectivity index (χ3v) is 5.31. The highest BCUT2D eigenvalue weighted by atomic mass is 35.5. The van der Waals surface area contributed by atoms with Crippen molar-refractivity contribution in [2.75, 3.05) is 13.2 Å². The number of halogens is 1. The van der Waals surface area contributed by atoms with E-state index < -0.39 is 6.04 Å². The fourth-order valence-corrected chi connectivity index (χ4v) is 3.87. The Hall–Kier alpha value is -2.63. The Kier molecular flexibility index (Phi) is 5.43. The molecular formula is C23H22ClNO4. The second kappa shape index (κ2) is 8.01. The third kappa shape index (κ3) is 3.68. The number of ether oxygens (including phenoxy) is 1. The van der Waals surface area contributed by atoms with Gasteiger partial charge in [-0.05, 0) is 50.1 Å². The quantitative estimate of drug-likeness (QED) is 0.546. The first-order valence-electron chi connectivity index (χ1n) is 9.71. The second-order valence-electron chi connectivity index (χ2n) is 7.40. The topological polar surface area (TPSA) is 59.8 Å². The molecule has 2 aromatic carbocycles. The predicted molar refractivity (Wildman–Crippen MR) is 113 cm³/mol. The summed E-state index contributed by atoms with van der Waals surface area (Å²) in [7, 11) is 0. The Bertz CT molecular complexity index is 1100. The minimum absolute atomic E-state index is 0.124. The van der Waals surface area contributed by atoms with Crippen LogP contribution in [0.15, 0.2) is 57.7 Å². The Morgan fingerprint density at radius 3 is 2.55 bits per heavy atom. The van der Waals surface area contributed by atoms with Crippen LogP contribution in [0.3, 0.4) is 0 Å². The molecule has 0 spiro atoms. The zero-order valence-electron chi connectivity index (χ0n) is 16.4. The summed E-state index contributed by atoms with van der Waals surface area (Å²) < 4.78 is 11.5. The van der Waals surface area contributed by atoms with Crippen LogP contribution < -0.4 is 5.43 Å². The van der Waals surface area contributed by atoms with Gasteiger partial charge in [0.1, 0.15) is 5.58 Å². The molecule has 0 bridgehead atoms. The van der Waals surface area contributed by atoms with E-state index in [0.717, 1.165) is 5.56 Å². The maximum atomic E-state index is 13.3. The summed E-state index contributed by atoms with van der Waals surface area (Å²) in [4.78, 5) is 28.2. The standard InChI is InChI=1S/C23H22ClNO4/c1-14(2)28-13-5-12-25-20(15-8-10-16(24)11-9-15)19-21(26)17-6-3-4-7-18(17)29-22(19)23(25)27/h3-4,6-11,14,20H,5,12-13H2,1-2H3. The zero-order chi connectivity index (χ0) is 20.5. The van der Waals surface area contributed by atoms with Gasteiger partial charge in [0.2, 0.25) is 5.76 Å². The molecule has 1 atom stereocenters. The molecule has 1 aliphatic heterocycles. The number of carbonyl (C=O) groups excluding carboxylic acids is 1. The molecule has 0 aliphatic carbocycles. The zero-order valence-corrected chi connectivity index (χ0v) is 17.1. The molecule has 0 saturated heterocycles. The van der Waals surface area contributed by atoms with Crippen LogP contribution in [0.2, 0.25) is 5.02 Å². The molecule has 6 heteroatoms. The van der Waals surface area contributed by atoms with Gasteiger partial charge in [0.05, 0.1) is 23.1 Å².